The van der Waals surface area contributed by atoms with Crippen molar-refractivity contribution in [3.63, 3.8) is 0 Å². The molecule has 2 aromatic rings. The number of carbonyl (C=O) groups excluding carboxylic acids is 2. The maximum Gasteiger partial charge on any atom is 0.247 e. The Morgan fingerprint density at radius 2 is 1.61 bits per heavy atom. The third kappa shape index (κ3) is 4.42. The molecule has 7 nitrogen and oxygen atoms in total. The summed E-state index contributed by atoms with van der Waals surface area (Å²) < 4.78 is 27.8. The van der Waals surface area contributed by atoms with Gasteiger partial charge in [0, 0.05) is 37.8 Å². The Morgan fingerprint density at radius 3 is 2.21 bits per heavy atom. The first-order valence-electron chi connectivity index (χ1n) is 11.4. The standard InChI is InChI=1S/C25H31N3O4S/c1-16-12-17(2)24(18(3)13-16)26-25(30)23-15-20-14-21(8-9-22(20)28(23)19(4)29)33(31,32)27-10-6-5-7-11-27/h8-9,12-14,23H,5-7,10-11,15H2,1-4H3,(H,26,30)/t23-/m1/s1. The van der Waals surface area contributed by atoms with Crippen LogP contribution >= 0.6 is 0 Å². The number of amides is 2. The van der Waals surface area contributed by atoms with E-state index in [1.807, 2.05) is 32.9 Å². The van der Waals surface area contributed by atoms with Crippen LogP contribution in [-0.4, -0.2) is 43.7 Å². The van der Waals surface area contributed by atoms with Gasteiger partial charge in [0.2, 0.25) is 21.8 Å². The number of aryl methyl sites for hydroxylation is 3. The van der Waals surface area contributed by atoms with Gasteiger partial charge in [0.15, 0.2) is 0 Å². The normalized spacial score (nSPS) is 18.8. The number of fused-ring (bicyclic) bond motifs is 1. The molecular weight excluding hydrogens is 438 g/mol. The highest BCUT2D eigenvalue weighted by atomic mass is 32.2. The Bertz CT molecular complexity index is 1190. The Morgan fingerprint density at radius 1 is 0.970 bits per heavy atom. The predicted octanol–water partition coefficient (Wildman–Crippen LogP) is 3.70. The lowest BCUT2D eigenvalue weighted by atomic mass is 10.0. The Labute approximate surface area is 195 Å². The van der Waals surface area contributed by atoms with Crippen molar-refractivity contribution in [1.29, 1.82) is 0 Å². The molecule has 0 aliphatic carbocycles. The molecule has 0 spiro atoms. The van der Waals surface area contributed by atoms with Crippen molar-refractivity contribution >= 4 is 33.2 Å². The molecule has 1 atom stereocenters. The zero-order chi connectivity index (χ0) is 23.9. The van der Waals surface area contributed by atoms with Crippen LogP contribution in [0.2, 0.25) is 0 Å². The molecule has 2 aliphatic rings. The van der Waals surface area contributed by atoms with Crippen molar-refractivity contribution in [2.75, 3.05) is 23.3 Å². The summed E-state index contributed by atoms with van der Waals surface area (Å²) in [5, 5.41) is 3.00. The summed E-state index contributed by atoms with van der Waals surface area (Å²) in [6.45, 7) is 8.37. The van der Waals surface area contributed by atoms with E-state index in [-0.39, 0.29) is 23.1 Å². The van der Waals surface area contributed by atoms with E-state index in [0.29, 0.717) is 24.3 Å². The minimum absolute atomic E-state index is 0.220. The van der Waals surface area contributed by atoms with Crippen LogP contribution in [0, 0.1) is 20.8 Å². The highest BCUT2D eigenvalue weighted by Gasteiger charge is 2.38. The number of nitrogens with zero attached hydrogens (tertiary/aromatic N) is 2. The zero-order valence-electron chi connectivity index (χ0n) is 19.6. The van der Waals surface area contributed by atoms with Crippen molar-refractivity contribution in [2.24, 2.45) is 0 Å². The van der Waals surface area contributed by atoms with E-state index in [2.05, 4.69) is 5.32 Å². The fraction of sp³-hybridized carbons (Fsp3) is 0.440. The maximum atomic E-state index is 13.3. The quantitative estimate of drug-likeness (QED) is 0.740. The molecule has 176 valence electrons. The second-order valence-electron chi connectivity index (χ2n) is 9.13. The summed E-state index contributed by atoms with van der Waals surface area (Å²) in [4.78, 5) is 27.5. The zero-order valence-corrected chi connectivity index (χ0v) is 20.5. The summed E-state index contributed by atoms with van der Waals surface area (Å²) in [7, 11) is -3.59. The van der Waals surface area contributed by atoms with Crippen LogP contribution < -0.4 is 10.2 Å². The number of anilines is 2. The van der Waals surface area contributed by atoms with Gasteiger partial charge in [-0.15, -0.1) is 0 Å². The molecule has 2 aliphatic heterocycles. The lowest BCUT2D eigenvalue weighted by molar-refractivity contribution is -0.122. The molecule has 2 amide bonds. The Balaban J connectivity index is 1.63. The number of rotatable bonds is 4. The number of carbonyl (C=O) groups is 2. The Hall–Kier alpha value is -2.71. The monoisotopic (exact) mass is 469 g/mol. The fourth-order valence-corrected chi connectivity index (χ4v) is 6.59. The second kappa shape index (κ2) is 8.91. The molecule has 1 saturated heterocycles. The number of benzene rings is 2. The fourth-order valence-electron chi connectivity index (χ4n) is 5.03. The summed E-state index contributed by atoms with van der Waals surface area (Å²) in [6, 6.07) is 8.12. The van der Waals surface area contributed by atoms with Crippen LogP contribution in [0.1, 0.15) is 48.4 Å². The van der Waals surface area contributed by atoms with E-state index in [4.69, 9.17) is 0 Å². The number of piperidine rings is 1. The number of sulfonamides is 1. The molecule has 0 saturated carbocycles. The highest BCUT2D eigenvalue weighted by molar-refractivity contribution is 7.89. The van der Waals surface area contributed by atoms with E-state index in [1.165, 1.54) is 16.1 Å². The minimum atomic E-state index is -3.59. The van der Waals surface area contributed by atoms with E-state index in [0.717, 1.165) is 41.6 Å². The van der Waals surface area contributed by atoms with Gasteiger partial charge in [0.25, 0.3) is 0 Å². The largest absolute Gasteiger partial charge is 0.324 e. The smallest absolute Gasteiger partial charge is 0.247 e. The van der Waals surface area contributed by atoms with Gasteiger partial charge in [0.05, 0.1) is 4.90 Å². The van der Waals surface area contributed by atoms with Crippen LogP contribution in [0.25, 0.3) is 0 Å². The van der Waals surface area contributed by atoms with Crippen molar-refractivity contribution in [3.8, 4) is 0 Å². The van der Waals surface area contributed by atoms with Gasteiger partial charge in [-0.2, -0.15) is 4.31 Å². The second-order valence-corrected chi connectivity index (χ2v) is 11.1. The van der Waals surface area contributed by atoms with Crippen LogP contribution in [0.5, 0.6) is 0 Å². The first-order chi connectivity index (χ1) is 15.6. The Kier molecular flexibility index (Phi) is 6.33. The van der Waals surface area contributed by atoms with Crippen LogP contribution in [0.3, 0.4) is 0 Å². The third-order valence-corrected chi connectivity index (χ3v) is 8.45. The summed E-state index contributed by atoms with van der Waals surface area (Å²) in [5.74, 6) is -0.533. The van der Waals surface area contributed by atoms with E-state index in [9.17, 15) is 18.0 Å². The average Bonchev–Trinajstić information content (AvgIpc) is 3.16. The SMILES string of the molecule is CC(=O)N1c2ccc(S(=O)(=O)N3CCCCC3)cc2C[C@@H]1C(=O)Nc1c(C)cc(C)cc1C. The van der Waals surface area contributed by atoms with Crippen molar-refractivity contribution in [2.45, 2.75) is 64.3 Å². The summed E-state index contributed by atoms with van der Waals surface area (Å²) >= 11 is 0. The molecule has 1 N–H and O–H groups in total. The van der Waals surface area contributed by atoms with Gasteiger partial charge in [-0.1, -0.05) is 24.1 Å². The van der Waals surface area contributed by atoms with Gasteiger partial charge < -0.3 is 5.32 Å². The topological polar surface area (TPSA) is 86.8 Å². The first-order valence-corrected chi connectivity index (χ1v) is 12.8. The van der Waals surface area contributed by atoms with Gasteiger partial charge in [-0.3, -0.25) is 14.5 Å². The molecule has 0 bridgehead atoms. The predicted molar refractivity (Wildman–Crippen MR) is 129 cm³/mol. The summed E-state index contributed by atoms with van der Waals surface area (Å²) in [6.07, 6.45) is 3.04. The summed E-state index contributed by atoms with van der Waals surface area (Å²) in [5.41, 5.74) is 5.07. The molecular formula is C25H31N3O4S. The maximum absolute atomic E-state index is 13.3. The molecule has 33 heavy (non-hydrogen) atoms. The van der Waals surface area contributed by atoms with E-state index in [1.54, 1.807) is 18.2 Å². The number of nitrogens with one attached hydrogen (secondary N) is 1. The molecule has 8 heteroatoms. The molecule has 0 radical (unpaired) electrons. The van der Waals surface area contributed by atoms with Gasteiger partial charge in [-0.05, 0) is 68.5 Å². The van der Waals surface area contributed by atoms with Crippen molar-refractivity contribution < 1.29 is 18.0 Å². The first kappa shape index (κ1) is 23.4. The minimum Gasteiger partial charge on any atom is -0.324 e. The molecule has 4 rings (SSSR count). The molecule has 1 fully saturated rings. The lowest BCUT2D eigenvalue weighted by Crippen LogP contribution is -2.44. The highest BCUT2D eigenvalue weighted by Crippen LogP contribution is 2.36. The van der Waals surface area contributed by atoms with E-state index >= 15 is 0 Å². The van der Waals surface area contributed by atoms with Crippen LogP contribution in [-0.2, 0) is 26.0 Å². The molecule has 0 unspecified atom stereocenters. The molecule has 0 aromatic heterocycles. The van der Waals surface area contributed by atoms with Crippen LogP contribution in [0.4, 0.5) is 11.4 Å². The van der Waals surface area contributed by atoms with Gasteiger partial charge in [0.1, 0.15) is 6.04 Å². The average molecular weight is 470 g/mol. The van der Waals surface area contributed by atoms with Gasteiger partial charge >= 0.3 is 0 Å². The van der Waals surface area contributed by atoms with E-state index < -0.39 is 16.1 Å². The van der Waals surface area contributed by atoms with Crippen molar-refractivity contribution in [1.82, 2.24) is 4.31 Å². The van der Waals surface area contributed by atoms with Gasteiger partial charge in [-0.25, -0.2) is 8.42 Å². The number of hydrogen-bond donors (Lipinski definition) is 1. The lowest BCUT2D eigenvalue weighted by Gasteiger charge is -2.26. The third-order valence-electron chi connectivity index (χ3n) is 6.56. The van der Waals surface area contributed by atoms with Crippen molar-refractivity contribution in [3.05, 3.63) is 52.6 Å². The van der Waals surface area contributed by atoms with Crippen LogP contribution in [0.15, 0.2) is 35.2 Å². The molecule has 2 aromatic carbocycles. The molecule has 2 heterocycles. The number of hydrogen-bond acceptors (Lipinski definition) is 4.